The summed E-state index contributed by atoms with van der Waals surface area (Å²) in [5.74, 6) is -0.658. The number of thioether (sulfide) groups is 2. The molecular weight excluding hydrogens is 330 g/mol. The first-order valence-electron chi connectivity index (χ1n) is 6.57. The van der Waals surface area contributed by atoms with Crippen molar-refractivity contribution < 1.29 is 24.6 Å². The molecule has 10 heteroatoms. The molecule has 8 nitrogen and oxygen atoms in total. The van der Waals surface area contributed by atoms with Gasteiger partial charge in [0.25, 0.3) is 0 Å². The Bertz CT molecular complexity index is 365. The minimum Gasteiger partial charge on any atom is -0.480 e. The van der Waals surface area contributed by atoms with E-state index in [-0.39, 0.29) is 17.6 Å². The molecule has 0 bridgehead atoms. The molecule has 0 amide bonds. The molecule has 22 heavy (non-hydrogen) atoms. The number of carbonyl (C=O) groups is 2. The highest BCUT2D eigenvalue weighted by atomic mass is 32.2. The van der Waals surface area contributed by atoms with Crippen LogP contribution < -0.4 is 11.5 Å². The molecule has 0 aliphatic heterocycles. The van der Waals surface area contributed by atoms with E-state index >= 15 is 0 Å². The third-order valence-corrected chi connectivity index (χ3v) is 4.42. The molecule has 0 aliphatic rings. The zero-order valence-electron chi connectivity index (χ0n) is 12.6. The molecule has 0 rings (SSSR count). The highest BCUT2D eigenvalue weighted by molar-refractivity contribution is 8.01. The fourth-order valence-corrected chi connectivity index (χ4v) is 2.96. The summed E-state index contributed by atoms with van der Waals surface area (Å²) in [6, 6.07) is -1.85. The Morgan fingerprint density at radius 2 is 1.45 bits per heavy atom. The van der Waals surface area contributed by atoms with Gasteiger partial charge in [0.15, 0.2) is 0 Å². The third-order valence-electron chi connectivity index (χ3n) is 2.16. The van der Waals surface area contributed by atoms with Gasteiger partial charge in [-0.15, -0.1) is 0 Å². The molecule has 128 valence electrons. The molecule has 2 atom stereocenters. The highest BCUT2D eigenvalue weighted by Crippen LogP contribution is 2.10. The van der Waals surface area contributed by atoms with Crippen LogP contribution in [0.25, 0.3) is 0 Å². The van der Waals surface area contributed by atoms with Crippen LogP contribution in [-0.2, 0) is 14.4 Å². The second-order valence-corrected chi connectivity index (χ2v) is 6.79. The number of hydrogen-bond acceptors (Lipinski definition) is 8. The van der Waals surface area contributed by atoms with Crippen LogP contribution in [0.5, 0.6) is 0 Å². The molecule has 0 fully saturated rings. The smallest absolute Gasteiger partial charge is 0.321 e. The summed E-state index contributed by atoms with van der Waals surface area (Å²) in [7, 11) is 0. The number of aliphatic carboxylic acids is 2. The van der Waals surface area contributed by atoms with E-state index in [1.54, 1.807) is 0 Å². The molecule has 6 N–H and O–H groups in total. The minimum atomic E-state index is -1.05. The first-order chi connectivity index (χ1) is 10.2. The van der Waals surface area contributed by atoms with Gasteiger partial charge >= 0.3 is 11.9 Å². The molecular formula is C12H23N3O5S2. The van der Waals surface area contributed by atoms with Gasteiger partial charge in [0.1, 0.15) is 18.2 Å². The van der Waals surface area contributed by atoms with Gasteiger partial charge in [0.05, 0.1) is 5.71 Å². The van der Waals surface area contributed by atoms with Gasteiger partial charge in [0.2, 0.25) is 0 Å². The third kappa shape index (κ3) is 10.7. The topological polar surface area (TPSA) is 148 Å². The number of hydrogen-bond donors (Lipinski definition) is 4. The fourth-order valence-electron chi connectivity index (χ4n) is 1.02. The van der Waals surface area contributed by atoms with E-state index in [1.165, 1.54) is 23.5 Å². The molecule has 0 aromatic heterocycles. The van der Waals surface area contributed by atoms with Crippen LogP contribution >= 0.6 is 23.5 Å². The van der Waals surface area contributed by atoms with Crippen molar-refractivity contribution in [1.29, 1.82) is 0 Å². The summed E-state index contributed by atoms with van der Waals surface area (Å²) in [4.78, 5) is 26.4. The maximum absolute atomic E-state index is 10.6. The Balaban J connectivity index is 4.29. The number of oxime groups is 1. The van der Waals surface area contributed by atoms with Crippen molar-refractivity contribution >= 4 is 41.2 Å². The van der Waals surface area contributed by atoms with E-state index in [0.717, 1.165) is 0 Å². The Hall–Kier alpha value is -0.970. The van der Waals surface area contributed by atoms with Crippen LogP contribution in [0.2, 0.25) is 0 Å². The van der Waals surface area contributed by atoms with E-state index in [1.807, 2.05) is 13.8 Å². The standard InChI is InChI=1S/C12H23N3O5S2/c1-7(2)20-15-8(3-21-5-9(13)11(16)17)4-22-6-10(14)12(18)19/h7,9-10H,3-6,13-14H2,1-2H3,(H,16,17)(H,18,19). The molecule has 0 aromatic rings. The van der Waals surface area contributed by atoms with Crippen LogP contribution in [0.4, 0.5) is 0 Å². The second kappa shape index (κ2) is 11.6. The van der Waals surface area contributed by atoms with E-state index in [0.29, 0.717) is 17.2 Å². The zero-order valence-corrected chi connectivity index (χ0v) is 14.2. The van der Waals surface area contributed by atoms with Crippen molar-refractivity contribution in [3.8, 4) is 0 Å². The summed E-state index contributed by atoms with van der Waals surface area (Å²) < 4.78 is 0. The summed E-state index contributed by atoms with van der Waals surface area (Å²) in [5.41, 5.74) is 11.5. The van der Waals surface area contributed by atoms with Crippen LogP contribution in [-0.4, -0.2) is 69.1 Å². The molecule has 0 aromatic carbocycles. The Morgan fingerprint density at radius 1 is 1.05 bits per heavy atom. The number of carboxylic acids is 2. The summed E-state index contributed by atoms with van der Waals surface area (Å²) >= 11 is 2.67. The van der Waals surface area contributed by atoms with Gasteiger partial charge in [-0.05, 0) is 13.8 Å². The largest absolute Gasteiger partial charge is 0.480 e. The maximum Gasteiger partial charge on any atom is 0.321 e. The number of nitrogens with zero attached hydrogens (tertiary/aromatic N) is 1. The average Bonchev–Trinajstić information content (AvgIpc) is 2.43. The van der Waals surface area contributed by atoms with Crippen molar-refractivity contribution in [2.75, 3.05) is 23.0 Å². The van der Waals surface area contributed by atoms with Crippen LogP contribution in [0.15, 0.2) is 5.16 Å². The Labute approximate surface area is 138 Å². The lowest BCUT2D eigenvalue weighted by Gasteiger charge is -2.11. The van der Waals surface area contributed by atoms with E-state index in [4.69, 9.17) is 26.5 Å². The Kier molecular flexibility index (Phi) is 11.1. The maximum atomic E-state index is 10.6. The zero-order chi connectivity index (χ0) is 17.1. The van der Waals surface area contributed by atoms with E-state index in [2.05, 4.69) is 5.16 Å². The van der Waals surface area contributed by atoms with Gasteiger partial charge in [-0.1, -0.05) is 5.16 Å². The average molecular weight is 353 g/mol. The predicted molar refractivity (Wildman–Crippen MR) is 89.5 cm³/mol. The SMILES string of the molecule is CC(C)ON=C(CSCC(N)C(=O)O)CSCC(N)C(=O)O. The minimum absolute atomic E-state index is 0.0763. The molecule has 2 unspecified atom stereocenters. The lowest BCUT2D eigenvalue weighted by Crippen LogP contribution is -2.33. The van der Waals surface area contributed by atoms with Crippen LogP contribution in [0.1, 0.15) is 13.8 Å². The first kappa shape index (κ1) is 21.0. The normalized spacial score (nSPS) is 13.5. The number of nitrogens with two attached hydrogens (primary N) is 2. The molecule has 0 spiro atoms. The fraction of sp³-hybridized carbons (Fsp3) is 0.750. The van der Waals surface area contributed by atoms with Crippen LogP contribution in [0, 0.1) is 0 Å². The lowest BCUT2D eigenvalue weighted by molar-refractivity contribution is -0.138. The molecule has 0 saturated heterocycles. The second-order valence-electron chi connectivity index (χ2n) is 4.73. The first-order valence-corrected chi connectivity index (χ1v) is 8.88. The summed E-state index contributed by atoms with van der Waals surface area (Å²) in [6.07, 6.45) is -0.0763. The van der Waals surface area contributed by atoms with E-state index in [9.17, 15) is 9.59 Å². The Morgan fingerprint density at radius 3 is 1.77 bits per heavy atom. The molecule has 0 radical (unpaired) electrons. The number of carboxylic acid groups (broad SMARTS) is 2. The van der Waals surface area contributed by atoms with Crippen molar-refractivity contribution in [2.45, 2.75) is 32.0 Å². The van der Waals surface area contributed by atoms with Crippen molar-refractivity contribution in [1.82, 2.24) is 0 Å². The van der Waals surface area contributed by atoms with Gasteiger partial charge in [-0.2, -0.15) is 23.5 Å². The predicted octanol–water partition coefficient (Wildman–Crippen LogP) is 0.0576. The van der Waals surface area contributed by atoms with Gasteiger partial charge in [-0.3, -0.25) is 9.59 Å². The lowest BCUT2D eigenvalue weighted by atomic mass is 10.4. The highest BCUT2D eigenvalue weighted by Gasteiger charge is 2.14. The summed E-state index contributed by atoms with van der Waals surface area (Å²) in [6.45, 7) is 3.67. The number of rotatable bonds is 12. The van der Waals surface area contributed by atoms with Gasteiger partial charge in [-0.25, -0.2) is 0 Å². The monoisotopic (exact) mass is 353 g/mol. The van der Waals surface area contributed by atoms with E-state index < -0.39 is 24.0 Å². The van der Waals surface area contributed by atoms with Crippen LogP contribution in [0.3, 0.4) is 0 Å². The van der Waals surface area contributed by atoms with Crippen molar-refractivity contribution in [3.63, 3.8) is 0 Å². The van der Waals surface area contributed by atoms with Crippen molar-refractivity contribution in [3.05, 3.63) is 0 Å². The molecule has 0 heterocycles. The van der Waals surface area contributed by atoms with Crippen molar-refractivity contribution in [2.24, 2.45) is 16.6 Å². The summed E-state index contributed by atoms with van der Waals surface area (Å²) in [5, 5.41) is 21.4. The van der Waals surface area contributed by atoms with Gasteiger partial charge in [0, 0.05) is 23.0 Å². The molecule has 0 saturated carbocycles. The van der Waals surface area contributed by atoms with Gasteiger partial charge < -0.3 is 26.5 Å². The quantitative estimate of drug-likeness (QED) is 0.282. The molecule has 0 aliphatic carbocycles.